The highest BCUT2D eigenvalue weighted by atomic mass is 127. The molecule has 1 heterocycles. The van der Waals surface area contributed by atoms with Gasteiger partial charge in [0, 0.05) is 46.6 Å². The van der Waals surface area contributed by atoms with Crippen molar-refractivity contribution in [3.63, 3.8) is 0 Å². The molecule has 0 unspecified atom stereocenters. The van der Waals surface area contributed by atoms with Crippen LogP contribution >= 0.6 is 24.0 Å². The maximum atomic E-state index is 12.6. The zero-order valence-electron chi connectivity index (χ0n) is 17.7. The van der Waals surface area contributed by atoms with E-state index in [1.165, 1.54) is 0 Å². The van der Waals surface area contributed by atoms with E-state index >= 15 is 0 Å². The summed E-state index contributed by atoms with van der Waals surface area (Å²) in [7, 11) is 5.41. The molecule has 28 heavy (non-hydrogen) atoms. The molecule has 2 rings (SSSR count). The second-order valence-electron chi connectivity index (χ2n) is 7.84. The van der Waals surface area contributed by atoms with Crippen molar-refractivity contribution in [2.45, 2.75) is 58.3 Å². The smallest absolute Gasteiger partial charge is 0.230 e. The monoisotopic (exact) mass is 506 g/mol. The highest BCUT2D eigenvalue weighted by Crippen LogP contribution is 2.38. The van der Waals surface area contributed by atoms with Crippen molar-refractivity contribution in [2.75, 3.05) is 34.2 Å². The van der Waals surface area contributed by atoms with Crippen molar-refractivity contribution < 1.29 is 9.32 Å². The number of rotatable bonds is 8. The summed E-state index contributed by atoms with van der Waals surface area (Å²) >= 11 is 0. The molecule has 1 saturated carbocycles. The van der Waals surface area contributed by atoms with E-state index in [1.807, 2.05) is 27.9 Å². The number of amides is 1. The van der Waals surface area contributed by atoms with E-state index in [4.69, 9.17) is 4.52 Å². The Morgan fingerprint density at radius 1 is 1.29 bits per heavy atom. The Hall–Kier alpha value is -1.39. The van der Waals surface area contributed by atoms with E-state index in [-0.39, 0.29) is 41.2 Å². The molecule has 8 nitrogen and oxygen atoms in total. The zero-order chi connectivity index (χ0) is 19.9. The normalized spacial score (nSPS) is 16.0. The fourth-order valence-corrected chi connectivity index (χ4v) is 3.52. The fraction of sp³-hybridized carbons (Fsp3) is 0.789. The van der Waals surface area contributed by atoms with Crippen LogP contribution in [0.4, 0.5) is 0 Å². The minimum absolute atomic E-state index is 0. The summed E-state index contributed by atoms with van der Waals surface area (Å²) in [6.45, 7) is 5.45. The number of nitrogens with one attached hydrogen (secondary N) is 2. The molecule has 9 heteroatoms. The minimum Gasteiger partial charge on any atom is -0.356 e. The molecule has 1 amide bonds. The molecule has 1 fully saturated rings. The highest BCUT2D eigenvalue weighted by Gasteiger charge is 2.42. The quantitative estimate of drug-likeness (QED) is 0.244. The van der Waals surface area contributed by atoms with Crippen molar-refractivity contribution >= 4 is 35.8 Å². The summed E-state index contributed by atoms with van der Waals surface area (Å²) in [5.41, 5.74) is -0.307. The van der Waals surface area contributed by atoms with Crippen LogP contribution in [0.15, 0.2) is 9.52 Å². The Bertz CT molecular complexity index is 638. The number of nitrogens with zero attached hydrogens (tertiary/aromatic N) is 4. The first-order chi connectivity index (χ1) is 12.9. The van der Waals surface area contributed by atoms with Crippen LogP contribution in [0, 0.1) is 5.41 Å². The van der Waals surface area contributed by atoms with Crippen LogP contribution in [-0.2, 0) is 11.2 Å². The van der Waals surface area contributed by atoms with Gasteiger partial charge >= 0.3 is 0 Å². The lowest BCUT2D eigenvalue weighted by Gasteiger charge is -2.31. The van der Waals surface area contributed by atoms with Crippen molar-refractivity contribution in [1.82, 2.24) is 25.7 Å². The maximum absolute atomic E-state index is 12.6. The number of halogens is 1. The molecule has 0 saturated heterocycles. The lowest BCUT2D eigenvalue weighted by atomic mass is 9.84. The van der Waals surface area contributed by atoms with Crippen molar-refractivity contribution in [3.05, 3.63) is 11.7 Å². The van der Waals surface area contributed by atoms with Gasteiger partial charge < -0.3 is 20.1 Å². The molecule has 1 aliphatic rings. The first-order valence-electron chi connectivity index (χ1n) is 9.87. The largest absolute Gasteiger partial charge is 0.356 e. The van der Waals surface area contributed by atoms with Gasteiger partial charge in [-0.05, 0) is 19.3 Å². The predicted molar refractivity (Wildman–Crippen MR) is 121 cm³/mol. The van der Waals surface area contributed by atoms with Gasteiger partial charge in [0.2, 0.25) is 11.8 Å². The molecule has 0 bridgehead atoms. The van der Waals surface area contributed by atoms with Crippen LogP contribution in [-0.4, -0.2) is 61.1 Å². The Morgan fingerprint density at radius 3 is 2.50 bits per heavy atom. The average Bonchev–Trinajstić information content (AvgIpc) is 3.30. The van der Waals surface area contributed by atoms with Gasteiger partial charge in [0.1, 0.15) is 0 Å². The van der Waals surface area contributed by atoms with Crippen molar-refractivity contribution in [3.8, 4) is 0 Å². The summed E-state index contributed by atoms with van der Waals surface area (Å²) in [6, 6.07) is 0. The number of carbonyl (C=O) groups excluding carboxylic acids is 1. The second kappa shape index (κ2) is 11.6. The van der Waals surface area contributed by atoms with Crippen LogP contribution in [0.5, 0.6) is 0 Å². The first-order valence-corrected chi connectivity index (χ1v) is 9.87. The number of carbonyl (C=O) groups is 1. The number of aromatic nitrogens is 2. The van der Waals surface area contributed by atoms with Crippen molar-refractivity contribution in [2.24, 2.45) is 10.4 Å². The van der Waals surface area contributed by atoms with E-state index in [0.717, 1.165) is 56.9 Å². The Kier molecular flexibility index (Phi) is 10.2. The molecule has 0 aromatic carbocycles. The third-order valence-corrected chi connectivity index (χ3v) is 5.10. The third-order valence-electron chi connectivity index (χ3n) is 5.10. The fourth-order valence-electron chi connectivity index (χ4n) is 3.52. The molecular weight excluding hydrogens is 471 g/mol. The van der Waals surface area contributed by atoms with E-state index < -0.39 is 0 Å². The summed E-state index contributed by atoms with van der Waals surface area (Å²) in [6.07, 6.45) is 5.67. The van der Waals surface area contributed by atoms with Gasteiger partial charge in [0.25, 0.3) is 0 Å². The lowest BCUT2D eigenvalue weighted by molar-refractivity contribution is -0.138. The van der Waals surface area contributed by atoms with Gasteiger partial charge in [-0.2, -0.15) is 4.98 Å². The third kappa shape index (κ3) is 6.59. The molecule has 2 N–H and O–H groups in total. The Morgan fingerprint density at radius 2 is 1.96 bits per heavy atom. The van der Waals surface area contributed by atoms with E-state index in [0.29, 0.717) is 12.4 Å². The van der Waals surface area contributed by atoms with Crippen LogP contribution in [0.2, 0.25) is 0 Å². The molecule has 0 radical (unpaired) electrons. The van der Waals surface area contributed by atoms with Crippen molar-refractivity contribution in [1.29, 1.82) is 0 Å². The van der Waals surface area contributed by atoms with Crippen LogP contribution in [0.3, 0.4) is 0 Å². The standard InChI is InChI=1S/C19H34N6O2.HI/c1-14(2)16-23-15(27-24-16)9-8-12-21-18(20-3)22-13-19(10-6-7-11-19)17(26)25(4)5;/h14H,6-13H2,1-5H3,(H2,20,21,22);1H. The topological polar surface area (TPSA) is 95.6 Å². The number of hydrogen-bond donors (Lipinski definition) is 2. The molecule has 0 atom stereocenters. The Labute approximate surface area is 185 Å². The summed E-state index contributed by atoms with van der Waals surface area (Å²) in [4.78, 5) is 23.0. The number of hydrogen-bond acceptors (Lipinski definition) is 5. The van der Waals surface area contributed by atoms with Crippen LogP contribution in [0.1, 0.15) is 63.6 Å². The molecular formula is C19H35IN6O2. The zero-order valence-corrected chi connectivity index (χ0v) is 20.1. The highest BCUT2D eigenvalue weighted by molar-refractivity contribution is 14.0. The van der Waals surface area contributed by atoms with Gasteiger partial charge in [-0.15, -0.1) is 24.0 Å². The van der Waals surface area contributed by atoms with Crippen LogP contribution < -0.4 is 10.6 Å². The molecule has 1 aliphatic carbocycles. The van der Waals surface area contributed by atoms with E-state index in [2.05, 4.69) is 25.8 Å². The minimum atomic E-state index is -0.307. The second-order valence-corrected chi connectivity index (χ2v) is 7.84. The number of guanidine groups is 1. The predicted octanol–water partition coefficient (Wildman–Crippen LogP) is 2.56. The Balaban J connectivity index is 0.00000392. The van der Waals surface area contributed by atoms with E-state index in [9.17, 15) is 4.79 Å². The van der Waals surface area contributed by atoms with Gasteiger partial charge in [0.05, 0.1) is 5.41 Å². The summed E-state index contributed by atoms with van der Waals surface area (Å²) in [5, 5.41) is 10.6. The molecule has 1 aromatic rings. The van der Waals surface area contributed by atoms with E-state index in [1.54, 1.807) is 11.9 Å². The molecule has 0 aliphatic heterocycles. The van der Waals surface area contributed by atoms with Gasteiger partial charge in [0.15, 0.2) is 11.8 Å². The van der Waals surface area contributed by atoms with Gasteiger partial charge in [-0.3, -0.25) is 9.79 Å². The van der Waals surface area contributed by atoms with Gasteiger partial charge in [-0.1, -0.05) is 31.8 Å². The lowest BCUT2D eigenvalue weighted by Crippen LogP contribution is -2.49. The van der Waals surface area contributed by atoms with Gasteiger partial charge in [-0.25, -0.2) is 0 Å². The SMILES string of the molecule is CN=C(NCCCc1nc(C(C)C)no1)NCC1(C(=O)N(C)C)CCCC1.I. The maximum Gasteiger partial charge on any atom is 0.230 e. The summed E-state index contributed by atoms with van der Waals surface area (Å²) in [5.74, 6) is 2.63. The average molecular weight is 506 g/mol. The molecule has 0 spiro atoms. The first kappa shape index (κ1) is 24.6. The number of aliphatic imine (C=N–C) groups is 1. The summed E-state index contributed by atoms with van der Waals surface area (Å²) < 4.78 is 5.26. The number of aryl methyl sites for hydroxylation is 1. The van der Waals surface area contributed by atoms with Crippen LogP contribution in [0.25, 0.3) is 0 Å². The molecule has 1 aromatic heterocycles. The molecule has 160 valence electrons.